The Morgan fingerprint density at radius 1 is 1.31 bits per heavy atom. The first kappa shape index (κ1) is 26.6. The second kappa shape index (κ2) is 11.6. The lowest BCUT2D eigenvalue weighted by atomic mass is 10.1. The fourth-order valence-corrected chi connectivity index (χ4v) is 4.09. The molecule has 1 aliphatic rings. The van der Waals surface area contributed by atoms with Crippen molar-refractivity contribution in [3.63, 3.8) is 0 Å². The zero-order valence-corrected chi connectivity index (χ0v) is 20.3. The molecular formula is C24H29F3N4O3S. The Labute approximate surface area is 206 Å². The zero-order valence-electron chi connectivity index (χ0n) is 19.5. The summed E-state index contributed by atoms with van der Waals surface area (Å²) in [5.41, 5.74) is 10.5. The number of aromatic nitrogens is 1. The number of hydrogen-bond acceptors (Lipinski definition) is 7. The molecule has 0 bridgehead atoms. The predicted molar refractivity (Wildman–Crippen MR) is 129 cm³/mol. The first-order chi connectivity index (χ1) is 16.5. The molecule has 35 heavy (non-hydrogen) atoms. The van der Waals surface area contributed by atoms with Gasteiger partial charge < -0.3 is 26.3 Å². The summed E-state index contributed by atoms with van der Waals surface area (Å²) >= 11 is 1.54. The van der Waals surface area contributed by atoms with Crippen molar-refractivity contribution < 1.29 is 27.4 Å². The molecule has 0 radical (unpaired) electrons. The maximum Gasteiger partial charge on any atom is 0.430 e. The minimum absolute atomic E-state index is 0.0147. The van der Waals surface area contributed by atoms with Crippen LogP contribution < -0.4 is 21.5 Å². The van der Waals surface area contributed by atoms with Gasteiger partial charge in [0.2, 0.25) is 0 Å². The van der Waals surface area contributed by atoms with Crippen molar-refractivity contribution in [1.29, 1.82) is 0 Å². The number of halogens is 3. The quantitative estimate of drug-likeness (QED) is 0.433. The SMILES string of the molecule is CC(C)c1cnc(-c2cc(OC[C@H]3CCOC3)cc(C(=O)NC/C(N)=C/C=C(\N)C(F)(F)F)c2)s1. The van der Waals surface area contributed by atoms with Crippen molar-refractivity contribution in [2.75, 3.05) is 26.4 Å². The van der Waals surface area contributed by atoms with Crippen LogP contribution in [0.4, 0.5) is 13.2 Å². The first-order valence-corrected chi connectivity index (χ1v) is 11.9. The molecule has 1 atom stereocenters. The van der Waals surface area contributed by atoms with Crippen molar-refractivity contribution in [2.45, 2.75) is 32.4 Å². The van der Waals surface area contributed by atoms with Crippen LogP contribution in [-0.2, 0) is 4.74 Å². The molecule has 190 valence electrons. The van der Waals surface area contributed by atoms with E-state index in [1.54, 1.807) is 12.1 Å². The molecule has 1 aliphatic heterocycles. The van der Waals surface area contributed by atoms with E-state index in [1.165, 1.54) is 11.3 Å². The van der Waals surface area contributed by atoms with Crippen molar-refractivity contribution in [3.8, 4) is 16.3 Å². The number of alkyl halides is 3. The van der Waals surface area contributed by atoms with E-state index in [0.717, 1.165) is 27.9 Å². The molecule has 3 rings (SSSR count). The van der Waals surface area contributed by atoms with Gasteiger partial charge in [0.15, 0.2) is 0 Å². The maximum atomic E-state index is 12.8. The van der Waals surface area contributed by atoms with Gasteiger partial charge in [0.1, 0.15) is 16.5 Å². The number of nitrogens with one attached hydrogen (secondary N) is 1. The summed E-state index contributed by atoms with van der Waals surface area (Å²) in [5.74, 6) is 0.669. The lowest BCUT2D eigenvalue weighted by Crippen LogP contribution is -2.28. The van der Waals surface area contributed by atoms with Gasteiger partial charge in [-0.1, -0.05) is 13.8 Å². The van der Waals surface area contributed by atoms with Crippen molar-refractivity contribution in [3.05, 3.63) is 58.4 Å². The molecule has 1 aromatic carbocycles. The molecule has 2 heterocycles. The fourth-order valence-electron chi connectivity index (χ4n) is 3.19. The average Bonchev–Trinajstić information content (AvgIpc) is 3.51. The zero-order chi connectivity index (χ0) is 25.6. The number of amides is 1. The normalized spacial score (nSPS) is 17.1. The van der Waals surface area contributed by atoms with Crippen LogP contribution in [0.2, 0.25) is 0 Å². The topological polar surface area (TPSA) is 112 Å². The Hall–Kier alpha value is -3.05. The number of rotatable bonds is 9. The summed E-state index contributed by atoms with van der Waals surface area (Å²) in [4.78, 5) is 18.5. The number of nitrogens with zero attached hydrogens (tertiary/aromatic N) is 1. The van der Waals surface area contributed by atoms with E-state index in [1.807, 2.05) is 12.3 Å². The van der Waals surface area contributed by atoms with E-state index in [4.69, 9.17) is 20.9 Å². The minimum Gasteiger partial charge on any atom is -0.493 e. The number of carbonyl (C=O) groups is 1. The highest BCUT2D eigenvalue weighted by molar-refractivity contribution is 7.15. The van der Waals surface area contributed by atoms with Crippen LogP contribution in [0.15, 0.2) is 47.9 Å². The van der Waals surface area contributed by atoms with Crippen LogP contribution in [0.3, 0.4) is 0 Å². The Bertz CT molecular complexity index is 1090. The molecule has 1 saturated heterocycles. The second-order valence-electron chi connectivity index (χ2n) is 8.55. The Morgan fingerprint density at radius 3 is 2.71 bits per heavy atom. The minimum atomic E-state index is -4.65. The molecule has 0 saturated carbocycles. The molecule has 1 aromatic heterocycles. The summed E-state index contributed by atoms with van der Waals surface area (Å²) in [6.07, 6.45) is -0.237. The van der Waals surface area contributed by atoms with Gasteiger partial charge in [-0.3, -0.25) is 4.79 Å². The number of ether oxygens (including phenoxy) is 2. The summed E-state index contributed by atoms with van der Waals surface area (Å²) in [5, 5.41) is 3.37. The van der Waals surface area contributed by atoms with Crippen molar-refractivity contribution >= 4 is 17.2 Å². The Balaban J connectivity index is 1.77. The molecule has 0 spiro atoms. The maximum absolute atomic E-state index is 12.8. The molecule has 7 nitrogen and oxygen atoms in total. The standard InChI is InChI=1S/C24H29F3N4O3S/c1-14(2)20-11-31-23(35-20)17-7-16(8-19(9-17)34-13-15-5-6-33-12-15)22(32)30-10-18(28)3-4-21(29)24(25,26)27/h3-4,7-9,11,14-15H,5-6,10,12-13,28-29H2,1-2H3,(H,30,32)/b18-3-,21-4-/t15-/m0/s1. The van der Waals surface area contributed by atoms with Gasteiger partial charge in [-0.25, -0.2) is 4.98 Å². The first-order valence-electron chi connectivity index (χ1n) is 11.1. The predicted octanol–water partition coefficient (Wildman–Crippen LogP) is 4.33. The summed E-state index contributed by atoms with van der Waals surface area (Å²) < 4.78 is 48.9. The van der Waals surface area contributed by atoms with E-state index in [0.29, 0.717) is 43.1 Å². The fraction of sp³-hybridized carbons (Fsp3) is 0.417. The lowest BCUT2D eigenvalue weighted by Gasteiger charge is -2.13. The van der Waals surface area contributed by atoms with Crippen molar-refractivity contribution in [2.24, 2.45) is 17.4 Å². The van der Waals surface area contributed by atoms with Crippen LogP contribution in [0.25, 0.3) is 10.6 Å². The summed E-state index contributed by atoms with van der Waals surface area (Å²) in [6.45, 7) is 5.80. The highest BCUT2D eigenvalue weighted by Gasteiger charge is 2.30. The van der Waals surface area contributed by atoms with Crippen LogP contribution in [0.1, 0.15) is 41.4 Å². The number of allylic oxidation sites excluding steroid dienone is 3. The number of carbonyl (C=O) groups excluding carboxylic acids is 1. The molecule has 5 N–H and O–H groups in total. The third kappa shape index (κ3) is 7.72. The van der Waals surface area contributed by atoms with Crippen molar-refractivity contribution in [1.82, 2.24) is 10.3 Å². The van der Waals surface area contributed by atoms with E-state index in [9.17, 15) is 18.0 Å². The monoisotopic (exact) mass is 510 g/mol. The Morgan fingerprint density at radius 2 is 2.09 bits per heavy atom. The van der Waals surface area contributed by atoms with Gasteiger partial charge in [-0.15, -0.1) is 11.3 Å². The largest absolute Gasteiger partial charge is 0.493 e. The van der Waals surface area contributed by atoms with Gasteiger partial charge in [-0.05, 0) is 42.7 Å². The molecule has 1 fully saturated rings. The smallest absolute Gasteiger partial charge is 0.430 e. The van der Waals surface area contributed by atoms with Gasteiger partial charge in [-0.2, -0.15) is 13.2 Å². The van der Waals surface area contributed by atoms with Crippen LogP contribution >= 0.6 is 11.3 Å². The van der Waals surface area contributed by atoms with Gasteiger partial charge in [0.25, 0.3) is 5.91 Å². The number of nitrogens with two attached hydrogens (primary N) is 2. The third-order valence-electron chi connectivity index (χ3n) is 5.28. The van der Waals surface area contributed by atoms with E-state index < -0.39 is 17.8 Å². The van der Waals surface area contributed by atoms with Gasteiger partial charge in [0.05, 0.1) is 19.8 Å². The third-order valence-corrected chi connectivity index (χ3v) is 6.62. The number of hydrogen-bond donors (Lipinski definition) is 3. The number of benzene rings is 1. The van der Waals surface area contributed by atoms with Crippen LogP contribution in [0.5, 0.6) is 5.75 Å². The molecule has 0 unspecified atom stereocenters. The highest BCUT2D eigenvalue weighted by atomic mass is 32.1. The van der Waals surface area contributed by atoms with E-state index >= 15 is 0 Å². The molecular weight excluding hydrogens is 481 g/mol. The summed E-state index contributed by atoms with van der Waals surface area (Å²) in [7, 11) is 0. The molecule has 1 amide bonds. The van der Waals surface area contributed by atoms with E-state index in [-0.39, 0.29) is 18.2 Å². The van der Waals surface area contributed by atoms with E-state index in [2.05, 4.69) is 24.1 Å². The molecule has 2 aromatic rings. The summed E-state index contributed by atoms with van der Waals surface area (Å²) in [6, 6.07) is 5.16. The average molecular weight is 511 g/mol. The van der Waals surface area contributed by atoms with Gasteiger partial charge >= 0.3 is 6.18 Å². The van der Waals surface area contributed by atoms with Crippen LogP contribution in [0, 0.1) is 5.92 Å². The lowest BCUT2D eigenvalue weighted by molar-refractivity contribution is -0.0926. The second-order valence-corrected chi connectivity index (χ2v) is 9.62. The molecule has 11 heteroatoms. The molecule has 0 aliphatic carbocycles. The van der Waals surface area contributed by atoms with Crippen LogP contribution in [-0.4, -0.2) is 43.4 Å². The number of thiazole rings is 1. The highest BCUT2D eigenvalue weighted by Crippen LogP contribution is 2.32. The van der Waals surface area contributed by atoms with Gasteiger partial charge in [0, 0.05) is 40.4 Å². The Kier molecular flexibility index (Phi) is 8.79.